The molecule has 6 heteroatoms. The van der Waals surface area contributed by atoms with E-state index in [1.807, 2.05) is 24.3 Å². The first-order chi connectivity index (χ1) is 10.6. The van der Waals surface area contributed by atoms with Crippen LogP contribution in [0.25, 0.3) is 10.9 Å². The van der Waals surface area contributed by atoms with Gasteiger partial charge in [-0.1, -0.05) is 18.2 Å². The first-order valence-corrected chi connectivity index (χ1v) is 6.55. The minimum Gasteiger partial charge on any atom is -0.321 e. The first-order valence-electron chi connectivity index (χ1n) is 6.55. The van der Waals surface area contributed by atoms with E-state index in [9.17, 15) is 14.9 Å². The summed E-state index contributed by atoms with van der Waals surface area (Å²) in [7, 11) is 0. The summed E-state index contributed by atoms with van der Waals surface area (Å²) in [6.07, 6.45) is 1.62. The van der Waals surface area contributed by atoms with E-state index < -0.39 is 4.92 Å². The van der Waals surface area contributed by atoms with E-state index in [0.717, 1.165) is 10.9 Å². The topological polar surface area (TPSA) is 85.1 Å². The van der Waals surface area contributed by atoms with Gasteiger partial charge >= 0.3 is 0 Å². The van der Waals surface area contributed by atoms with E-state index in [2.05, 4.69) is 10.3 Å². The van der Waals surface area contributed by atoms with Gasteiger partial charge in [-0.15, -0.1) is 0 Å². The van der Waals surface area contributed by atoms with Crippen LogP contribution in [0, 0.1) is 10.1 Å². The molecule has 0 radical (unpaired) electrons. The predicted octanol–water partition coefficient (Wildman–Crippen LogP) is 3.40. The van der Waals surface area contributed by atoms with Gasteiger partial charge in [-0.3, -0.25) is 19.9 Å². The number of nitrogens with one attached hydrogen (secondary N) is 1. The average Bonchev–Trinajstić information content (AvgIpc) is 2.55. The van der Waals surface area contributed by atoms with Gasteiger partial charge in [0.1, 0.15) is 0 Å². The quantitative estimate of drug-likeness (QED) is 0.592. The third-order valence-electron chi connectivity index (χ3n) is 3.24. The van der Waals surface area contributed by atoms with E-state index >= 15 is 0 Å². The number of fused-ring (bicyclic) bond motifs is 1. The van der Waals surface area contributed by atoms with Crippen LogP contribution in [0.5, 0.6) is 0 Å². The number of non-ortho nitro benzene ring substituents is 1. The molecular weight excluding hydrogens is 282 g/mol. The number of rotatable bonds is 3. The molecule has 1 heterocycles. The second-order valence-corrected chi connectivity index (χ2v) is 4.63. The van der Waals surface area contributed by atoms with Crippen molar-refractivity contribution in [1.29, 1.82) is 0 Å². The van der Waals surface area contributed by atoms with Crippen molar-refractivity contribution in [3.8, 4) is 0 Å². The summed E-state index contributed by atoms with van der Waals surface area (Å²) in [6.45, 7) is 0. The first kappa shape index (κ1) is 13.7. The van der Waals surface area contributed by atoms with Crippen LogP contribution in [0.2, 0.25) is 0 Å². The van der Waals surface area contributed by atoms with Crippen molar-refractivity contribution in [3.05, 3.63) is 76.5 Å². The predicted molar refractivity (Wildman–Crippen MR) is 82.8 cm³/mol. The highest BCUT2D eigenvalue weighted by molar-refractivity contribution is 6.08. The summed E-state index contributed by atoms with van der Waals surface area (Å²) < 4.78 is 0. The molecule has 1 amide bonds. The number of anilines is 1. The maximum Gasteiger partial charge on any atom is 0.269 e. The normalized spacial score (nSPS) is 10.4. The molecule has 0 aliphatic carbocycles. The van der Waals surface area contributed by atoms with E-state index in [1.54, 1.807) is 12.3 Å². The van der Waals surface area contributed by atoms with Crippen LogP contribution in [0.3, 0.4) is 0 Å². The summed E-state index contributed by atoms with van der Waals surface area (Å²) in [5.41, 5.74) is 1.73. The van der Waals surface area contributed by atoms with Crippen LogP contribution in [-0.2, 0) is 0 Å². The number of hydrogen-bond acceptors (Lipinski definition) is 4. The third kappa shape index (κ3) is 2.62. The van der Waals surface area contributed by atoms with Crippen molar-refractivity contribution in [2.45, 2.75) is 0 Å². The van der Waals surface area contributed by atoms with E-state index in [-0.39, 0.29) is 11.6 Å². The van der Waals surface area contributed by atoms with Gasteiger partial charge < -0.3 is 5.32 Å². The number of pyridine rings is 1. The summed E-state index contributed by atoms with van der Waals surface area (Å²) in [4.78, 5) is 26.6. The van der Waals surface area contributed by atoms with Gasteiger partial charge in [0.15, 0.2) is 0 Å². The molecule has 0 aliphatic heterocycles. The Balaban J connectivity index is 1.88. The number of amides is 1. The fourth-order valence-electron chi connectivity index (χ4n) is 2.13. The van der Waals surface area contributed by atoms with Crippen molar-refractivity contribution in [3.63, 3.8) is 0 Å². The van der Waals surface area contributed by atoms with E-state index in [0.29, 0.717) is 11.3 Å². The molecule has 0 aliphatic rings. The number of benzene rings is 2. The molecule has 0 saturated heterocycles. The van der Waals surface area contributed by atoms with Gasteiger partial charge in [0.2, 0.25) is 0 Å². The smallest absolute Gasteiger partial charge is 0.269 e. The zero-order chi connectivity index (χ0) is 15.5. The standard InChI is InChI=1S/C16H11N3O3/c20-16(11-5-7-12(8-6-11)19(21)22)18-15-9-10-17-14-4-2-1-3-13(14)15/h1-10H,(H,17,18,20). The highest BCUT2D eigenvalue weighted by atomic mass is 16.6. The van der Waals surface area contributed by atoms with Crippen LogP contribution in [0.1, 0.15) is 10.4 Å². The summed E-state index contributed by atoms with van der Waals surface area (Å²) >= 11 is 0. The molecule has 0 spiro atoms. The lowest BCUT2D eigenvalue weighted by atomic mass is 10.1. The number of nitrogens with zero attached hydrogens (tertiary/aromatic N) is 2. The summed E-state index contributed by atoms with van der Waals surface area (Å²) in [5.74, 6) is -0.328. The van der Waals surface area contributed by atoms with Crippen molar-refractivity contribution in [2.75, 3.05) is 5.32 Å². The number of nitro benzene ring substituents is 1. The van der Waals surface area contributed by atoms with Crippen LogP contribution < -0.4 is 5.32 Å². The zero-order valence-electron chi connectivity index (χ0n) is 11.4. The lowest BCUT2D eigenvalue weighted by molar-refractivity contribution is -0.384. The Hall–Kier alpha value is -3.28. The van der Waals surface area contributed by atoms with Crippen LogP contribution >= 0.6 is 0 Å². The van der Waals surface area contributed by atoms with Crippen molar-refractivity contribution >= 4 is 28.2 Å². The maximum absolute atomic E-state index is 12.2. The molecule has 6 nitrogen and oxygen atoms in total. The fraction of sp³-hybridized carbons (Fsp3) is 0. The molecule has 0 saturated carbocycles. The summed E-state index contributed by atoms with van der Waals surface area (Å²) in [6, 6.07) is 14.6. The van der Waals surface area contributed by atoms with Crippen LogP contribution in [0.15, 0.2) is 60.8 Å². The second kappa shape index (κ2) is 5.61. The molecule has 2 aromatic carbocycles. The number of carbonyl (C=O) groups excluding carboxylic acids is 1. The Morgan fingerprint density at radius 1 is 1.05 bits per heavy atom. The zero-order valence-corrected chi connectivity index (χ0v) is 11.4. The number of carbonyl (C=O) groups is 1. The number of para-hydroxylation sites is 1. The lowest BCUT2D eigenvalue weighted by Gasteiger charge is -2.08. The number of nitro groups is 1. The largest absolute Gasteiger partial charge is 0.321 e. The van der Waals surface area contributed by atoms with Gasteiger partial charge in [-0.05, 0) is 24.3 Å². The SMILES string of the molecule is O=C(Nc1ccnc2ccccc12)c1ccc([N+](=O)[O-])cc1. The molecule has 0 bridgehead atoms. The van der Waals surface area contributed by atoms with Crippen molar-refractivity contribution < 1.29 is 9.72 Å². The Labute approximate surface area is 125 Å². The highest BCUT2D eigenvalue weighted by Gasteiger charge is 2.11. The summed E-state index contributed by atoms with van der Waals surface area (Å²) in [5, 5.41) is 14.3. The van der Waals surface area contributed by atoms with Gasteiger partial charge in [0, 0.05) is 29.3 Å². The molecule has 108 valence electrons. The monoisotopic (exact) mass is 293 g/mol. The van der Waals surface area contributed by atoms with Crippen LogP contribution in [-0.4, -0.2) is 15.8 Å². The molecule has 3 rings (SSSR count). The van der Waals surface area contributed by atoms with Gasteiger partial charge in [-0.25, -0.2) is 0 Å². The minimum absolute atomic E-state index is 0.0501. The number of hydrogen-bond donors (Lipinski definition) is 1. The van der Waals surface area contributed by atoms with Gasteiger partial charge in [0.25, 0.3) is 11.6 Å². The molecule has 0 unspecified atom stereocenters. The highest BCUT2D eigenvalue weighted by Crippen LogP contribution is 2.22. The van der Waals surface area contributed by atoms with E-state index in [4.69, 9.17) is 0 Å². The maximum atomic E-state index is 12.2. The van der Waals surface area contributed by atoms with Gasteiger partial charge in [-0.2, -0.15) is 0 Å². The Kier molecular flexibility index (Phi) is 3.49. The van der Waals surface area contributed by atoms with Crippen molar-refractivity contribution in [1.82, 2.24) is 4.98 Å². The molecular formula is C16H11N3O3. The Morgan fingerprint density at radius 2 is 1.77 bits per heavy atom. The van der Waals surface area contributed by atoms with Crippen LogP contribution in [0.4, 0.5) is 11.4 Å². The average molecular weight is 293 g/mol. The molecule has 1 N–H and O–H groups in total. The second-order valence-electron chi connectivity index (χ2n) is 4.63. The molecule has 22 heavy (non-hydrogen) atoms. The minimum atomic E-state index is -0.502. The molecule has 0 fully saturated rings. The third-order valence-corrected chi connectivity index (χ3v) is 3.24. The molecule has 1 aromatic heterocycles. The lowest BCUT2D eigenvalue weighted by Crippen LogP contribution is -2.12. The fourth-order valence-corrected chi connectivity index (χ4v) is 2.13. The Bertz CT molecular complexity index is 855. The molecule has 0 atom stereocenters. The number of aromatic nitrogens is 1. The molecule has 3 aromatic rings. The van der Waals surface area contributed by atoms with Gasteiger partial charge in [0.05, 0.1) is 16.1 Å². The van der Waals surface area contributed by atoms with E-state index in [1.165, 1.54) is 24.3 Å². The van der Waals surface area contributed by atoms with Crippen molar-refractivity contribution in [2.24, 2.45) is 0 Å². The Morgan fingerprint density at radius 3 is 2.50 bits per heavy atom.